The molecule has 0 aliphatic heterocycles. The maximum atomic E-state index is 13.2. The van der Waals surface area contributed by atoms with Crippen molar-refractivity contribution in [2.75, 3.05) is 5.32 Å². The number of aryl methyl sites for hydroxylation is 2. The predicted octanol–water partition coefficient (Wildman–Crippen LogP) is 6.06. The molecule has 0 radical (unpaired) electrons. The van der Waals surface area contributed by atoms with Gasteiger partial charge in [0.1, 0.15) is 10.8 Å². The Hall–Kier alpha value is -3.14. The fourth-order valence-corrected chi connectivity index (χ4v) is 6.41. The third kappa shape index (κ3) is 5.33. The molecule has 0 bridgehead atoms. The highest BCUT2D eigenvalue weighted by Crippen LogP contribution is 2.39. The summed E-state index contributed by atoms with van der Waals surface area (Å²) < 4.78 is 5.31. The number of fused-ring (bicyclic) bond motifs is 1. The van der Waals surface area contributed by atoms with Gasteiger partial charge >= 0.3 is 0 Å². The molecule has 0 saturated carbocycles. The summed E-state index contributed by atoms with van der Waals surface area (Å²) >= 11 is 9.17. The number of aromatic nitrogens is 2. The Kier molecular flexibility index (Phi) is 7.41. The van der Waals surface area contributed by atoms with Crippen LogP contribution in [0.15, 0.2) is 58.4 Å². The van der Waals surface area contributed by atoms with E-state index in [1.807, 2.05) is 12.1 Å². The van der Waals surface area contributed by atoms with E-state index in [0.29, 0.717) is 27.2 Å². The van der Waals surface area contributed by atoms with Gasteiger partial charge in [-0.05, 0) is 55.0 Å². The van der Waals surface area contributed by atoms with Gasteiger partial charge in [-0.15, -0.1) is 11.3 Å². The third-order valence-corrected chi connectivity index (χ3v) is 8.33. The SMILES string of the molecule is Cc1ccccc1CSc1ncc(Cl)c(C(=O)Nc2sc3c(c2C(=O)NCc2ccco2)CCC3)n1. The number of furan rings is 1. The van der Waals surface area contributed by atoms with E-state index < -0.39 is 5.91 Å². The van der Waals surface area contributed by atoms with E-state index in [0.717, 1.165) is 29.7 Å². The molecule has 0 fully saturated rings. The number of carbonyl (C=O) groups is 2. The van der Waals surface area contributed by atoms with E-state index in [4.69, 9.17) is 16.0 Å². The number of anilines is 1. The smallest absolute Gasteiger partial charge is 0.276 e. The molecule has 184 valence electrons. The highest BCUT2D eigenvalue weighted by Gasteiger charge is 2.28. The van der Waals surface area contributed by atoms with Crippen LogP contribution in [0.1, 0.15) is 54.6 Å². The molecule has 0 spiro atoms. The molecule has 5 rings (SSSR count). The number of rotatable bonds is 8. The molecule has 36 heavy (non-hydrogen) atoms. The molecule has 2 amide bonds. The molecule has 1 aromatic carbocycles. The maximum Gasteiger partial charge on any atom is 0.276 e. The van der Waals surface area contributed by atoms with Crippen LogP contribution >= 0.6 is 34.7 Å². The van der Waals surface area contributed by atoms with Crippen LogP contribution in [-0.2, 0) is 25.1 Å². The first-order chi connectivity index (χ1) is 17.5. The van der Waals surface area contributed by atoms with E-state index in [9.17, 15) is 9.59 Å². The third-order valence-electron chi connectivity index (χ3n) is 5.93. The minimum atomic E-state index is -0.472. The molecule has 7 nitrogen and oxygen atoms in total. The second kappa shape index (κ2) is 10.9. The lowest BCUT2D eigenvalue weighted by atomic mass is 10.1. The van der Waals surface area contributed by atoms with Crippen molar-refractivity contribution in [2.45, 2.75) is 43.6 Å². The quantitative estimate of drug-likeness (QED) is 0.209. The van der Waals surface area contributed by atoms with Crippen LogP contribution in [-0.4, -0.2) is 21.8 Å². The summed E-state index contributed by atoms with van der Waals surface area (Å²) in [4.78, 5) is 36.2. The van der Waals surface area contributed by atoms with Crippen molar-refractivity contribution >= 4 is 51.5 Å². The first-order valence-corrected chi connectivity index (χ1v) is 13.6. The molecule has 10 heteroatoms. The van der Waals surface area contributed by atoms with Crippen molar-refractivity contribution in [3.05, 3.63) is 92.5 Å². The number of nitrogens with one attached hydrogen (secondary N) is 2. The second-order valence-electron chi connectivity index (χ2n) is 8.34. The van der Waals surface area contributed by atoms with Gasteiger partial charge in [0.15, 0.2) is 10.9 Å². The lowest BCUT2D eigenvalue weighted by molar-refractivity contribution is 0.0948. The number of halogens is 1. The Balaban J connectivity index is 1.34. The summed E-state index contributed by atoms with van der Waals surface area (Å²) in [5.74, 6) is 0.612. The fourth-order valence-electron chi connectivity index (χ4n) is 4.06. The molecule has 1 aliphatic rings. The number of thiophene rings is 1. The van der Waals surface area contributed by atoms with Crippen molar-refractivity contribution in [1.82, 2.24) is 15.3 Å². The van der Waals surface area contributed by atoms with Crippen LogP contribution in [0.3, 0.4) is 0 Å². The molecule has 4 aromatic rings. The number of thioether (sulfide) groups is 1. The average Bonchev–Trinajstić information content (AvgIpc) is 3.61. The van der Waals surface area contributed by atoms with Crippen LogP contribution in [0.2, 0.25) is 5.02 Å². The largest absolute Gasteiger partial charge is 0.467 e. The fraction of sp³-hybridized carbons (Fsp3) is 0.231. The molecule has 0 atom stereocenters. The molecular formula is C26H23ClN4O3S2. The van der Waals surface area contributed by atoms with Crippen LogP contribution in [0.4, 0.5) is 5.00 Å². The van der Waals surface area contributed by atoms with Gasteiger partial charge in [-0.25, -0.2) is 9.97 Å². The van der Waals surface area contributed by atoms with Gasteiger partial charge < -0.3 is 15.1 Å². The first-order valence-electron chi connectivity index (χ1n) is 11.5. The van der Waals surface area contributed by atoms with Crippen molar-refractivity contribution in [3.63, 3.8) is 0 Å². The molecule has 3 heterocycles. The van der Waals surface area contributed by atoms with E-state index in [2.05, 4.69) is 39.7 Å². The van der Waals surface area contributed by atoms with Crippen LogP contribution < -0.4 is 10.6 Å². The molecular weight excluding hydrogens is 516 g/mol. The van der Waals surface area contributed by atoms with Gasteiger partial charge in [-0.2, -0.15) is 0 Å². The zero-order valence-corrected chi connectivity index (χ0v) is 21.9. The summed E-state index contributed by atoms with van der Waals surface area (Å²) in [5.41, 5.74) is 3.93. The standard InChI is InChI=1S/C26H23ClN4O3S2/c1-15-6-2-3-7-16(15)14-35-26-29-13-19(27)22(30-26)24(33)31-25-21(18-9-4-10-20(18)36-25)23(32)28-12-17-8-5-11-34-17/h2-3,5-8,11,13H,4,9-10,12,14H2,1H3,(H,28,32)(H,31,33). The van der Waals surface area contributed by atoms with E-state index in [1.54, 1.807) is 18.4 Å². The average molecular weight is 539 g/mol. The van der Waals surface area contributed by atoms with Crippen molar-refractivity contribution in [2.24, 2.45) is 0 Å². The number of nitrogens with zero attached hydrogens (tertiary/aromatic N) is 2. The maximum absolute atomic E-state index is 13.2. The van der Waals surface area contributed by atoms with Crippen LogP contribution in [0.25, 0.3) is 0 Å². The second-order valence-corrected chi connectivity index (χ2v) is 10.8. The molecule has 2 N–H and O–H groups in total. The van der Waals surface area contributed by atoms with Gasteiger partial charge in [0.05, 0.1) is 29.6 Å². The first kappa shape index (κ1) is 24.5. The molecule has 3 aromatic heterocycles. The lowest BCUT2D eigenvalue weighted by Crippen LogP contribution is -2.25. The van der Waals surface area contributed by atoms with Crippen molar-refractivity contribution in [3.8, 4) is 0 Å². The topological polar surface area (TPSA) is 97.1 Å². The summed E-state index contributed by atoms with van der Waals surface area (Å²) in [6.45, 7) is 2.32. The highest BCUT2D eigenvalue weighted by atomic mass is 35.5. The minimum absolute atomic E-state index is 0.0782. The Labute approximate surface area is 221 Å². The van der Waals surface area contributed by atoms with Gasteiger partial charge in [0, 0.05) is 10.6 Å². The van der Waals surface area contributed by atoms with Crippen LogP contribution in [0, 0.1) is 6.92 Å². The summed E-state index contributed by atoms with van der Waals surface area (Å²) in [6, 6.07) is 11.7. The van der Waals surface area contributed by atoms with Crippen LogP contribution in [0.5, 0.6) is 0 Å². The summed E-state index contributed by atoms with van der Waals surface area (Å²) in [6.07, 6.45) is 5.69. The summed E-state index contributed by atoms with van der Waals surface area (Å²) in [7, 11) is 0. The number of hydrogen-bond donors (Lipinski definition) is 2. The van der Waals surface area contributed by atoms with Crippen molar-refractivity contribution < 1.29 is 14.0 Å². The van der Waals surface area contributed by atoms with Gasteiger partial charge in [0.25, 0.3) is 11.8 Å². The number of hydrogen-bond acceptors (Lipinski definition) is 7. The predicted molar refractivity (Wildman–Crippen MR) is 142 cm³/mol. The monoisotopic (exact) mass is 538 g/mol. The molecule has 0 unspecified atom stereocenters. The Morgan fingerprint density at radius 3 is 2.83 bits per heavy atom. The number of carbonyl (C=O) groups excluding carboxylic acids is 2. The lowest BCUT2D eigenvalue weighted by Gasteiger charge is -2.10. The van der Waals surface area contributed by atoms with E-state index in [1.165, 1.54) is 40.4 Å². The number of amides is 2. The van der Waals surface area contributed by atoms with Gasteiger partial charge in [-0.3, -0.25) is 9.59 Å². The molecule has 1 aliphatic carbocycles. The number of benzene rings is 1. The normalized spacial score (nSPS) is 12.4. The van der Waals surface area contributed by atoms with Gasteiger partial charge in [0.2, 0.25) is 0 Å². The molecule has 0 saturated heterocycles. The van der Waals surface area contributed by atoms with E-state index >= 15 is 0 Å². The minimum Gasteiger partial charge on any atom is -0.467 e. The van der Waals surface area contributed by atoms with Crippen molar-refractivity contribution in [1.29, 1.82) is 0 Å². The highest BCUT2D eigenvalue weighted by molar-refractivity contribution is 7.98. The zero-order valence-electron chi connectivity index (χ0n) is 19.5. The Morgan fingerprint density at radius 1 is 1.17 bits per heavy atom. The van der Waals surface area contributed by atoms with E-state index in [-0.39, 0.29) is 23.2 Å². The Morgan fingerprint density at radius 2 is 2.03 bits per heavy atom. The summed E-state index contributed by atoms with van der Waals surface area (Å²) in [5, 5.41) is 6.90. The van der Waals surface area contributed by atoms with Gasteiger partial charge in [-0.1, -0.05) is 47.6 Å². The zero-order chi connectivity index (χ0) is 25.1. The Bertz CT molecular complexity index is 1420.